The Morgan fingerprint density at radius 1 is 1.16 bits per heavy atom. The van der Waals surface area contributed by atoms with Crippen LogP contribution in [0.25, 0.3) is 11.4 Å². The number of nitrogens with one attached hydrogen (secondary N) is 1. The summed E-state index contributed by atoms with van der Waals surface area (Å²) in [5.41, 5.74) is 8.02. The number of carbonyl (C=O) groups is 2. The van der Waals surface area contributed by atoms with Gasteiger partial charge in [0.25, 0.3) is 5.91 Å². The first kappa shape index (κ1) is 22.1. The molecule has 0 saturated carbocycles. The number of carbonyl (C=O) groups excluding carboxylic acids is 2. The van der Waals surface area contributed by atoms with Gasteiger partial charge in [-0.15, -0.1) is 16.8 Å². The first-order valence-corrected chi connectivity index (χ1v) is 10.5. The third-order valence-electron chi connectivity index (χ3n) is 4.47. The van der Waals surface area contributed by atoms with Crippen LogP contribution in [0, 0.1) is 0 Å². The molecule has 3 N–H and O–H groups in total. The van der Waals surface area contributed by atoms with Crippen molar-refractivity contribution in [1.82, 2.24) is 14.8 Å². The summed E-state index contributed by atoms with van der Waals surface area (Å²) in [5.74, 6) is -0.0720. The van der Waals surface area contributed by atoms with E-state index < -0.39 is 5.91 Å². The fourth-order valence-electron chi connectivity index (χ4n) is 2.93. The summed E-state index contributed by atoms with van der Waals surface area (Å²) in [5, 5.41) is 11.9. The molecule has 8 nitrogen and oxygen atoms in total. The molecule has 2 aromatic carbocycles. The van der Waals surface area contributed by atoms with Gasteiger partial charge in [-0.25, -0.2) is 0 Å². The molecular formula is C22H24N6O2S. The Morgan fingerprint density at radius 2 is 1.87 bits per heavy atom. The quantitative estimate of drug-likeness (QED) is 0.394. The maximum absolute atomic E-state index is 12.4. The maximum atomic E-state index is 12.4. The summed E-state index contributed by atoms with van der Waals surface area (Å²) in [6, 6.07) is 14.6. The summed E-state index contributed by atoms with van der Waals surface area (Å²) in [7, 11) is 3.97. The molecule has 0 fully saturated rings. The molecule has 0 aliphatic carbocycles. The fraction of sp³-hybridized carbons (Fsp3) is 0.182. The van der Waals surface area contributed by atoms with Crippen LogP contribution in [-0.4, -0.2) is 46.4 Å². The van der Waals surface area contributed by atoms with Crippen LogP contribution in [0.4, 0.5) is 11.4 Å². The zero-order valence-electron chi connectivity index (χ0n) is 17.4. The lowest BCUT2D eigenvalue weighted by Crippen LogP contribution is -2.19. The highest BCUT2D eigenvalue weighted by atomic mass is 32.2. The van der Waals surface area contributed by atoms with Crippen molar-refractivity contribution in [2.24, 2.45) is 5.73 Å². The van der Waals surface area contributed by atoms with Gasteiger partial charge in [0.15, 0.2) is 11.0 Å². The van der Waals surface area contributed by atoms with Gasteiger partial charge >= 0.3 is 0 Å². The number of rotatable bonds is 9. The van der Waals surface area contributed by atoms with E-state index in [4.69, 9.17) is 5.73 Å². The molecule has 0 unspecified atom stereocenters. The van der Waals surface area contributed by atoms with Gasteiger partial charge in [-0.05, 0) is 36.4 Å². The molecule has 0 aliphatic heterocycles. The zero-order chi connectivity index (χ0) is 22.4. The summed E-state index contributed by atoms with van der Waals surface area (Å²) < 4.78 is 1.91. The van der Waals surface area contributed by atoms with Crippen LogP contribution in [0.3, 0.4) is 0 Å². The van der Waals surface area contributed by atoms with E-state index in [1.165, 1.54) is 11.8 Å². The minimum atomic E-state index is -0.598. The third kappa shape index (κ3) is 5.32. The predicted molar refractivity (Wildman–Crippen MR) is 124 cm³/mol. The van der Waals surface area contributed by atoms with Gasteiger partial charge in [-0.1, -0.05) is 30.0 Å². The first-order chi connectivity index (χ1) is 14.9. The van der Waals surface area contributed by atoms with Crippen LogP contribution >= 0.6 is 11.8 Å². The average Bonchev–Trinajstić information content (AvgIpc) is 3.15. The molecule has 0 saturated heterocycles. The van der Waals surface area contributed by atoms with Crippen LogP contribution in [0.1, 0.15) is 10.4 Å². The predicted octanol–water partition coefficient (Wildman–Crippen LogP) is 3.03. The minimum absolute atomic E-state index is 0.0991. The number of nitrogens with two attached hydrogens (primary N) is 1. The minimum Gasteiger partial charge on any atom is -0.378 e. The van der Waals surface area contributed by atoms with Gasteiger partial charge < -0.3 is 16.0 Å². The van der Waals surface area contributed by atoms with Crippen molar-refractivity contribution in [1.29, 1.82) is 0 Å². The van der Waals surface area contributed by atoms with Gasteiger partial charge in [0.1, 0.15) is 0 Å². The standard InChI is InChI=1S/C22H24N6O2S/c1-4-13-28-21(15-9-11-16(12-10-15)27(2)3)25-26-22(28)31-14-19(29)24-18-8-6-5-7-17(18)20(23)30/h4-12H,1,13-14H2,2-3H3,(H2,23,30)(H,24,29). The van der Waals surface area contributed by atoms with Gasteiger partial charge in [0, 0.05) is 31.9 Å². The second-order valence-electron chi connectivity index (χ2n) is 6.89. The lowest BCUT2D eigenvalue weighted by molar-refractivity contribution is -0.113. The van der Waals surface area contributed by atoms with Crippen molar-refractivity contribution >= 4 is 35.0 Å². The Bertz CT molecular complexity index is 1090. The molecule has 2 amide bonds. The van der Waals surface area contributed by atoms with E-state index in [0.29, 0.717) is 23.2 Å². The van der Waals surface area contributed by atoms with Crippen molar-refractivity contribution in [2.75, 3.05) is 30.1 Å². The molecule has 9 heteroatoms. The summed E-state index contributed by atoms with van der Waals surface area (Å²) >= 11 is 1.26. The van der Waals surface area contributed by atoms with Crippen LogP contribution in [0.5, 0.6) is 0 Å². The first-order valence-electron chi connectivity index (χ1n) is 9.54. The number of thioether (sulfide) groups is 1. The second-order valence-corrected chi connectivity index (χ2v) is 7.84. The molecule has 0 radical (unpaired) electrons. The van der Waals surface area contributed by atoms with Crippen LogP contribution < -0.4 is 16.0 Å². The molecule has 0 atom stereocenters. The van der Waals surface area contributed by atoms with Crippen LogP contribution in [-0.2, 0) is 11.3 Å². The van der Waals surface area contributed by atoms with E-state index in [9.17, 15) is 9.59 Å². The van der Waals surface area contributed by atoms with Gasteiger partial charge in [0.2, 0.25) is 5.91 Å². The number of hydrogen-bond acceptors (Lipinski definition) is 6. The molecule has 0 bridgehead atoms. The van der Waals surface area contributed by atoms with Crippen molar-refractivity contribution in [3.8, 4) is 11.4 Å². The monoisotopic (exact) mass is 436 g/mol. The van der Waals surface area contributed by atoms with Gasteiger partial charge in [0.05, 0.1) is 17.0 Å². The maximum Gasteiger partial charge on any atom is 0.250 e. The highest BCUT2D eigenvalue weighted by Gasteiger charge is 2.16. The fourth-order valence-corrected chi connectivity index (χ4v) is 3.68. The number of hydrogen-bond donors (Lipinski definition) is 2. The van der Waals surface area contributed by atoms with Crippen LogP contribution in [0.2, 0.25) is 0 Å². The Labute approximate surface area is 185 Å². The van der Waals surface area contributed by atoms with E-state index in [0.717, 1.165) is 11.3 Å². The Balaban J connectivity index is 1.74. The molecular weight excluding hydrogens is 412 g/mol. The number of nitrogens with zero attached hydrogens (tertiary/aromatic N) is 4. The zero-order valence-corrected chi connectivity index (χ0v) is 18.2. The Kier molecular flexibility index (Phi) is 7.09. The Morgan fingerprint density at radius 3 is 2.52 bits per heavy atom. The second kappa shape index (κ2) is 9.94. The molecule has 160 valence electrons. The van der Waals surface area contributed by atoms with E-state index in [-0.39, 0.29) is 17.2 Å². The summed E-state index contributed by atoms with van der Waals surface area (Å²) in [6.07, 6.45) is 1.76. The number of aromatic nitrogens is 3. The number of primary amides is 1. The van der Waals surface area contributed by atoms with E-state index in [1.54, 1.807) is 30.3 Å². The molecule has 3 aromatic rings. The molecule has 1 aromatic heterocycles. The lowest BCUT2D eigenvalue weighted by atomic mass is 10.1. The van der Waals surface area contributed by atoms with Crippen LogP contribution in [0.15, 0.2) is 66.3 Å². The van der Waals surface area contributed by atoms with E-state index in [2.05, 4.69) is 22.1 Å². The SMILES string of the molecule is C=CCn1c(SCC(=O)Nc2ccccc2C(N)=O)nnc1-c1ccc(N(C)C)cc1. The summed E-state index contributed by atoms with van der Waals surface area (Å²) in [4.78, 5) is 26.0. The number of benzene rings is 2. The summed E-state index contributed by atoms with van der Waals surface area (Å²) in [6.45, 7) is 4.32. The van der Waals surface area contributed by atoms with Crippen molar-refractivity contribution in [3.63, 3.8) is 0 Å². The molecule has 0 spiro atoms. The van der Waals surface area contributed by atoms with Crippen molar-refractivity contribution < 1.29 is 9.59 Å². The Hall–Kier alpha value is -3.59. The number of amides is 2. The highest BCUT2D eigenvalue weighted by molar-refractivity contribution is 7.99. The molecule has 1 heterocycles. The smallest absolute Gasteiger partial charge is 0.250 e. The normalized spacial score (nSPS) is 10.5. The number of anilines is 2. The molecule has 31 heavy (non-hydrogen) atoms. The van der Waals surface area contributed by atoms with Gasteiger partial charge in [-0.3, -0.25) is 14.2 Å². The topological polar surface area (TPSA) is 106 Å². The number of allylic oxidation sites excluding steroid dienone is 1. The highest BCUT2D eigenvalue weighted by Crippen LogP contribution is 2.26. The molecule has 0 aliphatic rings. The average molecular weight is 437 g/mol. The largest absolute Gasteiger partial charge is 0.378 e. The van der Waals surface area contributed by atoms with Gasteiger partial charge in [-0.2, -0.15) is 0 Å². The van der Waals surface area contributed by atoms with E-state index >= 15 is 0 Å². The third-order valence-corrected chi connectivity index (χ3v) is 5.44. The number of para-hydroxylation sites is 1. The van der Waals surface area contributed by atoms with Crippen molar-refractivity contribution in [3.05, 3.63) is 66.7 Å². The van der Waals surface area contributed by atoms with E-state index in [1.807, 2.05) is 47.8 Å². The molecule has 3 rings (SSSR count). The van der Waals surface area contributed by atoms with Crippen molar-refractivity contribution in [2.45, 2.75) is 11.7 Å². The lowest BCUT2D eigenvalue weighted by Gasteiger charge is -2.13.